The van der Waals surface area contributed by atoms with E-state index >= 15 is 0 Å². The van der Waals surface area contributed by atoms with Crippen molar-refractivity contribution in [2.24, 2.45) is 0 Å². The van der Waals surface area contributed by atoms with Gasteiger partial charge in [0.25, 0.3) is 0 Å². The molecule has 0 saturated carbocycles. The van der Waals surface area contributed by atoms with E-state index < -0.39 is 0 Å². The monoisotopic (exact) mass is 384 g/mol. The molecule has 0 bridgehead atoms. The van der Waals surface area contributed by atoms with Gasteiger partial charge >= 0.3 is 0 Å². The Bertz CT molecular complexity index is 780. The summed E-state index contributed by atoms with van der Waals surface area (Å²) in [5.74, 6) is 14.4. The van der Waals surface area contributed by atoms with Crippen molar-refractivity contribution in [2.45, 2.75) is 83.5 Å². The van der Waals surface area contributed by atoms with Gasteiger partial charge in [-0.25, -0.2) is 0 Å². The van der Waals surface area contributed by atoms with Crippen LogP contribution >= 0.6 is 0 Å². The second-order valence-electron chi connectivity index (χ2n) is 7.69. The summed E-state index contributed by atoms with van der Waals surface area (Å²) in [7, 11) is 0. The third kappa shape index (κ3) is 8.62. The molecule has 2 aromatic carbocycles. The summed E-state index contributed by atoms with van der Waals surface area (Å²) in [4.78, 5) is 0. The lowest BCUT2D eigenvalue weighted by atomic mass is 9.82. The Labute approximate surface area is 179 Å². The van der Waals surface area contributed by atoms with E-state index in [0.717, 1.165) is 12.8 Å². The maximum Gasteiger partial charge on any atom is 0.0630 e. The molecule has 0 nitrogen and oxygen atoms in total. The van der Waals surface area contributed by atoms with Gasteiger partial charge in [0.1, 0.15) is 0 Å². The third-order valence-electron chi connectivity index (χ3n) is 5.23. The molecule has 0 heterocycles. The van der Waals surface area contributed by atoms with Gasteiger partial charge in [0.2, 0.25) is 0 Å². The van der Waals surface area contributed by atoms with E-state index in [-0.39, 0.29) is 11.8 Å². The van der Waals surface area contributed by atoms with Crippen LogP contribution in [0.3, 0.4) is 0 Å². The molecule has 0 aliphatic carbocycles. The first kappa shape index (κ1) is 22.8. The Balaban J connectivity index is 2.27. The van der Waals surface area contributed by atoms with Crippen molar-refractivity contribution in [3.05, 3.63) is 71.8 Å². The SMILES string of the molecule is CCCCCC#CC(c1ccccc1)C(C#CCCCCCC)c1ccccc1. The largest absolute Gasteiger partial charge is 0.103 e. The Morgan fingerprint density at radius 3 is 1.41 bits per heavy atom. The zero-order valence-electron chi connectivity index (χ0n) is 18.3. The van der Waals surface area contributed by atoms with Gasteiger partial charge in [-0.05, 0) is 24.0 Å². The fourth-order valence-electron chi connectivity index (χ4n) is 3.51. The molecular weight excluding hydrogens is 348 g/mol. The first-order chi connectivity index (χ1) is 14.4. The number of benzene rings is 2. The Kier molecular flexibility index (Phi) is 11.5. The molecule has 0 aromatic heterocycles. The lowest BCUT2D eigenvalue weighted by Crippen LogP contribution is -2.08. The zero-order chi connectivity index (χ0) is 20.6. The fraction of sp³-hybridized carbons (Fsp3) is 0.448. The molecule has 2 aromatic rings. The topological polar surface area (TPSA) is 0 Å². The van der Waals surface area contributed by atoms with Crippen molar-refractivity contribution in [1.82, 2.24) is 0 Å². The molecule has 0 N–H and O–H groups in total. The van der Waals surface area contributed by atoms with Gasteiger partial charge in [-0.1, -0.05) is 118 Å². The molecule has 29 heavy (non-hydrogen) atoms. The molecular formula is C29H36. The maximum absolute atomic E-state index is 3.61. The lowest BCUT2D eigenvalue weighted by Gasteiger charge is -2.19. The van der Waals surface area contributed by atoms with Crippen LogP contribution in [0, 0.1) is 23.7 Å². The highest BCUT2D eigenvalue weighted by atomic mass is 14.2. The van der Waals surface area contributed by atoms with E-state index in [9.17, 15) is 0 Å². The van der Waals surface area contributed by atoms with Gasteiger partial charge in [0.05, 0.1) is 11.8 Å². The predicted octanol–water partition coefficient (Wildman–Crippen LogP) is 8.11. The van der Waals surface area contributed by atoms with Crippen LogP contribution in [0.1, 0.15) is 94.6 Å². The Morgan fingerprint density at radius 2 is 0.966 bits per heavy atom. The van der Waals surface area contributed by atoms with E-state index in [4.69, 9.17) is 0 Å². The van der Waals surface area contributed by atoms with Gasteiger partial charge in [-0.3, -0.25) is 0 Å². The van der Waals surface area contributed by atoms with Crippen LogP contribution in [0.5, 0.6) is 0 Å². The first-order valence-corrected chi connectivity index (χ1v) is 11.4. The predicted molar refractivity (Wildman–Crippen MR) is 127 cm³/mol. The molecule has 0 aliphatic rings. The number of unbranched alkanes of at least 4 members (excludes halogenated alkanes) is 7. The van der Waals surface area contributed by atoms with Crippen molar-refractivity contribution in [3.8, 4) is 23.7 Å². The van der Waals surface area contributed by atoms with Gasteiger partial charge in [0.15, 0.2) is 0 Å². The summed E-state index contributed by atoms with van der Waals surface area (Å²) in [5.41, 5.74) is 2.54. The summed E-state index contributed by atoms with van der Waals surface area (Å²) in [5, 5.41) is 0. The zero-order valence-corrected chi connectivity index (χ0v) is 18.3. The average molecular weight is 385 g/mol. The van der Waals surface area contributed by atoms with Crippen LogP contribution in [-0.2, 0) is 0 Å². The standard InChI is InChI=1S/C29H36/c1-3-5-7-9-11-19-25-29(27-22-16-13-17-23-27)28(24-18-10-8-6-4-2)26-20-14-12-15-21-26/h12-17,20-23,28-29H,3-11H2,1-2H3. The molecule has 0 saturated heterocycles. The molecule has 2 unspecified atom stereocenters. The van der Waals surface area contributed by atoms with Crippen LogP contribution in [0.25, 0.3) is 0 Å². The van der Waals surface area contributed by atoms with Crippen LogP contribution < -0.4 is 0 Å². The van der Waals surface area contributed by atoms with E-state index in [1.807, 2.05) is 0 Å². The first-order valence-electron chi connectivity index (χ1n) is 11.4. The Morgan fingerprint density at radius 1 is 0.552 bits per heavy atom. The van der Waals surface area contributed by atoms with Crippen molar-refractivity contribution in [2.75, 3.05) is 0 Å². The quantitative estimate of drug-likeness (QED) is 0.286. The van der Waals surface area contributed by atoms with E-state index in [1.165, 1.54) is 56.1 Å². The molecule has 0 amide bonds. The Hall–Kier alpha value is -2.44. The summed E-state index contributed by atoms with van der Waals surface area (Å²) in [6, 6.07) is 21.4. The van der Waals surface area contributed by atoms with Crippen molar-refractivity contribution >= 4 is 0 Å². The summed E-state index contributed by atoms with van der Waals surface area (Å²) >= 11 is 0. The van der Waals surface area contributed by atoms with E-state index in [1.54, 1.807) is 0 Å². The number of hydrogen-bond acceptors (Lipinski definition) is 0. The maximum atomic E-state index is 3.61. The molecule has 0 radical (unpaired) electrons. The summed E-state index contributed by atoms with van der Waals surface area (Å²) < 4.78 is 0. The molecule has 0 aliphatic heterocycles. The number of rotatable bonds is 10. The average Bonchev–Trinajstić information content (AvgIpc) is 2.78. The van der Waals surface area contributed by atoms with Crippen molar-refractivity contribution in [1.29, 1.82) is 0 Å². The van der Waals surface area contributed by atoms with Crippen LogP contribution in [-0.4, -0.2) is 0 Å². The normalized spacial score (nSPS) is 12.2. The minimum Gasteiger partial charge on any atom is -0.103 e. The molecule has 2 atom stereocenters. The lowest BCUT2D eigenvalue weighted by molar-refractivity contribution is 0.678. The minimum atomic E-state index is 0.114. The molecule has 152 valence electrons. The van der Waals surface area contributed by atoms with Crippen molar-refractivity contribution in [3.63, 3.8) is 0 Å². The smallest absolute Gasteiger partial charge is 0.0630 e. The van der Waals surface area contributed by atoms with Crippen LogP contribution in [0.2, 0.25) is 0 Å². The third-order valence-corrected chi connectivity index (χ3v) is 5.23. The highest BCUT2D eigenvalue weighted by molar-refractivity contribution is 5.40. The van der Waals surface area contributed by atoms with Gasteiger partial charge in [-0.15, -0.1) is 11.8 Å². The summed E-state index contributed by atoms with van der Waals surface area (Å²) in [6.45, 7) is 4.49. The van der Waals surface area contributed by atoms with E-state index in [2.05, 4.69) is 98.2 Å². The highest BCUT2D eigenvalue weighted by Crippen LogP contribution is 2.32. The molecule has 2 rings (SSSR count). The molecule has 0 heteroatoms. The summed E-state index contributed by atoms with van der Waals surface area (Å²) in [6.07, 6.45) is 10.7. The van der Waals surface area contributed by atoms with Gasteiger partial charge in [-0.2, -0.15) is 0 Å². The molecule has 0 spiro atoms. The minimum absolute atomic E-state index is 0.114. The highest BCUT2D eigenvalue weighted by Gasteiger charge is 2.21. The second-order valence-corrected chi connectivity index (χ2v) is 7.69. The molecule has 0 fully saturated rings. The van der Waals surface area contributed by atoms with Crippen LogP contribution in [0.4, 0.5) is 0 Å². The fourth-order valence-corrected chi connectivity index (χ4v) is 3.51. The van der Waals surface area contributed by atoms with Gasteiger partial charge in [0, 0.05) is 12.8 Å². The van der Waals surface area contributed by atoms with Gasteiger partial charge < -0.3 is 0 Å². The van der Waals surface area contributed by atoms with Crippen molar-refractivity contribution < 1.29 is 0 Å². The van der Waals surface area contributed by atoms with E-state index in [0.29, 0.717) is 0 Å². The number of hydrogen-bond donors (Lipinski definition) is 0. The van der Waals surface area contributed by atoms with Crippen LogP contribution in [0.15, 0.2) is 60.7 Å². The second kappa shape index (κ2) is 14.5.